The number of benzene rings is 1. The number of carbonyl (C=O) groups is 1. The minimum Gasteiger partial charge on any atom is -0.466 e. The Bertz CT molecular complexity index is 414. The average Bonchev–Trinajstić information content (AvgIpc) is 3.24. The number of halogens is 1. The third kappa shape index (κ3) is 7.69. The van der Waals surface area contributed by atoms with Gasteiger partial charge in [-0.15, -0.1) is 0 Å². The van der Waals surface area contributed by atoms with E-state index in [1.165, 1.54) is 32.4 Å². The summed E-state index contributed by atoms with van der Waals surface area (Å²) in [5.41, 5.74) is 1.02. The molecule has 0 aromatic heterocycles. The molecule has 0 unspecified atom stereocenters. The van der Waals surface area contributed by atoms with Crippen molar-refractivity contribution in [3.63, 3.8) is 0 Å². The van der Waals surface area contributed by atoms with Crippen LogP contribution in [0.4, 0.5) is 0 Å². The van der Waals surface area contributed by atoms with Crippen molar-refractivity contribution in [2.24, 2.45) is 0 Å². The standard InChI is InChI=1S/C12H11ClO2.C3H6/c1-15-12(14)5-3-2-4-10-6-8-11(13)9-7-10;1-2-3-1/h2-9H,1H3;1-3H2. The SMILES string of the molecule is C1CC1.COC(=O)C=CC=Cc1ccc(Cl)cc1. The zero-order valence-corrected chi connectivity index (χ0v) is 11.2. The Kier molecular flexibility index (Phi) is 6.89. The van der Waals surface area contributed by atoms with E-state index in [2.05, 4.69) is 4.74 Å². The Morgan fingerprint density at radius 1 is 1.17 bits per heavy atom. The van der Waals surface area contributed by atoms with Crippen molar-refractivity contribution in [3.05, 3.63) is 53.1 Å². The molecule has 0 heterocycles. The van der Waals surface area contributed by atoms with Gasteiger partial charge in [0, 0.05) is 11.1 Å². The maximum Gasteiger partial charge on any atom is 0.330 e. The molecule has 0 N–H and O–H groups in total. The number of hydrogen-bond acceptors (Lipinski definition) is 2. The molecule has 1 aliphatic carbocycles. The quantitative estimate of drug-likeness (QED) is 0.463. The van der Waals surface area contributed by atoms with Crippen LogP contribution in [0.25, 0.3) is 6.08 Å². The van der Waals surface area contributed by atoms with Crippen LogP contribution in [0.5, 0.6) is 0 Å². The topological polar surface area (TPSA) is 26.3 Å². The number of methoxy groups -OCH3 is 1. The molecule has 96 valence electrons. The van der Waals surface area contributed by atoms with Crippen molar-refractivity contribution < 1.29 is 9.53 Å². The zero-order chi connectivity index (χ0) is 13.2. The van der Waals surface area contributed by atoms with Crippen molar-refractivity contribution in [1.29, 1.82) is 0 Å². The maximum atomic E-state index is 10.7. The van der Waals surface area contributed by atoms with Gasteiger partial charge in [0.15, 0.2) is 0 Å². The molecule has 1 aliphatic rings. The van der Waals surface area contributed by atoms with Gasteiger partial charge in [-0.3, -0.25) is 0 Å². The van der Waals surface area contributed by atoms with Crippen LogP contribution in [0.15, 0.2) is 42.5 Å². The van der Waals surface area contributed by atoms with Crippen molar-refractivity contribution >= 4 is 23.6 Å². The van der Waals surface area contributed by atoms with Gasteiger partial charge in [0.05, 0.1) is 7.11 Å². The fourth-order valence-electron chi connectivity index (χ4n) is 0.943. The number of allylic oxidation sites excluding steroid dienone is 2. The van der Waals surface area contributed by atoms with Crippen LogP contribution >= 0.6 is 11.6 Å². The average molecular weight is 265 g/mol. The van der Waals surface area contributed by atoms with Gasteiger partial charge in [0.1, 0.15) is 0 Å². The monoisotopic (exact) mass is 264 g/mol. The van der Waals surface area contributed by atoms with Crippen LogP contribution in [0.3, 0.4) is 0 Å². The van der Waals surface area contributed by atoms with E-state index in [0.29, 0.717) is 5.02 Å². The van der Waals surface area contributed by atoms with Gasteiger partial charge in [-0.1, -0.05) is 61.2 Å². The fourth-order valence-corrected chi connectivity index (χ4v) is 1.07. The molecule has 1 saturated carbocycles. The first kappa shape index (κ1) is 14.5. The van der Waals surface area contributed by atoms with E-state index < -0.39 is 0 Å². The van der Waals surface area contributed by atoms with E-state index in [-0.39, 0.29) is 5.97 Å². The third-order valence-corrected chi connectivity index (χ3v) is 2.31. The second-order valence-corrected chi connectivity index (χ2v) is 4.29. The highest BCUT2D eigenvalue weighted by atomic mass is 35.5. The number of ether oxygens (including phenoxy) is 1. The van der Waals surface area contributed by atoms with Crippen LogP contribution in [0.1, 0.15) is 24.8 Å². The zero-order valence-electron chi connectivity index (χ0n) is 10.4. The van der Waals surface area contributed by atoms with Gasteiger partial charge < -0.3 is 4.74 Å². The van der Waals surface area contributed by atoms with E-state index in [9.17, 15) is 4.79 Å². The van der Waals surface area contributed by atoms with Gasteiger partial charge in [-0.2, -0.15) is 0 Å². The lowest BCUT2D eigenvalue weighted by Gasteiger charge is -1.91. The summed E-state index contributed by atoms with van der Waals surface area (Å²) in [6, 6.07) is 7.41. The van der Waals surface area contributed by atoms with E-state index in [0.717, 1.165) is 5.56 Å². The molecule has 2 nitrogen and oxygen atoms in total. The molecule has 3 heteroatoms. The van der Waals surface area contributed by atoms with Gasteiger partial charge in [-0.05, 0) is 17.7 Å². The number of esters is 1. The predicted molar refractivity (Wildman–Crippen MR) is 75.5 cm³/mol. The number of carbonyl (C=O) groups excluding carboxylic acids is 1. The molecule has 0 saturated heterocycles. The molecule has 0 aliphatic heterocycles. The highest BCUT2D eigenvalue weighted by Gasteiger charge is 1.95. The summed E-state index contributed by atoms with van der Waals surface area (Å²) in [4.78, 5) is 10.7. The Labute approximate surface area is 113 Å². The van der Waals surface area contributed by atoms with Gasteiger partial charge in [-0.25, -0.2) is 4.79 Å². The van der Waals surface area contributed by atoms with Gasteiger partial charge >= 0.3 is 5.97 Å². The first-order valence-corrected chi connectivity index (χ1v) is 6.28. The number of hydrogen-bond donors (Lipinski definition) is 0. The molecule has 18 heavy (non-hydrogen) atoms. The smallest absolute Gasteiger partial charge is 0.330 e. The summed E-state index contributed by atoms with van der Waals surface area (Å²) in [6.07, 6.45) is 11.1. The minimum absolute atomic E-state index is 0.365. The maximum absolute atomic E-state index is 10.7. The Morgan fingerprint density at radius 3 is 2.28 bits per heavy atom. The number of rotatable bonds is 3. The molecule has 1 aromatic rings. The summed E-state index contributed by atoms with van der Waals surface area (Å²) in [7, 11) is 1.34. The van der Waals surface area contributed by atoms with E-state index in [1.54, 1.807) is 12.2 Å². The molecule has 0 amide bonds. The summed E-state index contributed by atoms with van der Waals surface area (Å²) in [5, 5.41) is 0.706. The van der Waals surface area contributed by atoms with E-state index in [1.807, 2.05) is 30.3 Å². The molecular formula is C15H17ClO2. The van der Waals surface area contributed by atoms with Crippen LogP contribution in [-0.2, 0) is 9.53 Å². The Morgan fingerprint density at radius 2 is 1.78 bits per heavy atom. The largest absolute Gasteiger partial charge is 0.466 e. The summed E-state index contributed by atoms with van der Waals surface area (Å²) >= 11 is 5.73. The first-order valence-electron chi connectivity index (χ1n) is 5.90. The fraction of sp³-hybridized carbons (Fsp3) is 0.267. The lowest BCUT2D eigenvalue weighted by molar-refractivity contribution is -0.134. The predicted octanol–water partition coefficient (Wildman–Crippen LogP) is 4.25. The Balaban J connectivity index is 0.000000468. The molecular weight excluding hydrogens is 248 g/mol. The summed E-state index contributed by atoms with van der Waals surface area (Å²) in [5.74, 6) is -0.365. The molecule has 1 fully saturated rings. The van der Waals surface area contributed by atoms with Crippen molar-refractivity contribution in [1.82, 2.24) is 0 Å². The molecule has 0 radical (unpaired) electrons. The van der Waals surface area contributed by atoms with Crippen LogP contribution in [0.2, 0.25) is 5.02 Å². The first-order chi connectivity index (χ1) is 8.72. The molecule has 2 rings (SSSR count). The van der Waals surface area contributed by atoms with Crippen LogP contribution in [0, 0.1) is 0 Å². The molecule has 0 bridgehead atoms. The highest BCUT2D eigenvalue weighted by molar-refractivity contribution is 6.30. The van der Waals surface area contributed by atoms with Crippen LogP contribution < -0.4 is 0 Å². The van der Waals surface area contributed by atoms with Gasteiger partial charge in [0.25, 0.3) is 0 Å². The van der Waals surface area contributed by atoms with Crippen molar-refractivity contribution in [2.75, 3.05) is 7.11 Å². The van der Waals surface area contributed by atoms with Gasteiger partial charge in [0.2, 0.25) is 0 Å². The van der Waals surface area contributed by atoms with Crippen LogP contribution in [-0.4, -0.2) is 13.1 Å². The minimum atomic E-state index is -0.365. The molecule has 0 spiro atoms. The third-order valence-electron chi connectivity index (χ3n) is 2.06. The molecule has 0 atom stereocenters. The highest BCUT2D eigenvalue weighted by Crippen LogP contribution is 2.14. The lowest BCUT2D eigenvalue weighted by Crippen LogP contribution is -1.92. The van der Waals surface area contributed by atoms with Crippen molar-refractivity contribution in [2.45, 2.75) is 19.3 Å². The summed E-state index contributed by atoms with van der Waals surface area (Å²) in [6.45, 7) is 0. The second-order valence-electron chi connectivity index (χ2n) is 3.85. The second kappa shape index (κ2) is 8.54. The Hall–Kier alpha value is -1.54. The normalized spacial score (nSPS) is 13.2. The van der Waals surface area contributed by atoms with E-state index >= 15 is 0 Å². The van der Waals surface area contributed by atoms with E-state index in [4.69, 9.17) is 11.6 Å². The molecule has 1 aromatic carbocycles. The lowest BCUT2D eigenvalue weighted by atomic mass is 10.2. The van der Waals surface area contributed by atoms with Crippen molar-refractivity contribution in [3.8, 4) is 0 Å². The summed E-state index contributed by atoms with van der Waals surface area (Å²) < 4.78 is 4.44.